The molecular weight excluding hydrogens is 839 g/mol. The number of hydrazine groups is 1. The number of likely N-dealkylation sites (tertiary alicyclic amines) is 1. The number of carbonyl (C=O) groups excluding carboxylic acids is 5. The van der Waals surface area contributed by atoms with Gasteiger partial charge < -0.3 is 29.0 Å². The number of pyridine rings is 1. The van der Waals surface area contributed by atoms with E-state index in [1.807, 2.05) is 45.0 Å². The summed E-state index contributed by atoms with van der Waals surface area (Å²) in [4.78, 5) is 73.4. The summed E-state index contributed by atoms with van der Waals surface area (Å²) in [6.45, 7) is 19.5. The highest BCUT2D eigenvalue weighted by Crippen LogP contribution is 2.42. The number of ether oxygens (including phenoxy) is 3. The number of fused-ring (bicyclic) bond motifs is 1. The molecule has 0 spiro atoms. The highest BCUT2D eigenvalue weighted by atomic mass is 16.6. The quantitative estimate of drug-likeness (QED) is 0.0796. The Morgan fingerprint density at radius 3 is 2.42 bits per heavy atom. The van der Waals surface area contributed by atoms with E-state index in [1.165, 1.54) is 29.8 Å². The summed E-state index contributed by atoms with van der Waals surface area (Å²) < 4.78 is 19.3. The van der Waals surface area contributed by atoms with E-state index in [0.717, 1.165) is 62.9 Å². The average molecular weight is 906 g/mol. The van der Waals surface area contributed by atoms with Crippen molar-refractivity contribution in [3.05, 3.63) is 90.3 Å². The Morgan fingerprint density at radius 1 is 1.03 bits per heavy atom. The maximum absolute atomic E-state index is 14.3. The number of likely N-dealkylation sites (N-methyl/N-ethyl adjacent to an activating group) is 1. The third-order valence-electron chi connectivity index (χ3n) is 12.5. The van der Waals surface area contributed by atoms with Crippen molar-refractivity contribution < 1.29 is 38.2 Å². The molecule has 6 rings (SSSR count). The van der Waals surface area contributed by atoms with Crippen molar-refractivity contribution >= 4 is 40.7 Å². The zero-order chi connectivity index (χ0) is 47.9. The van der Waals surface area contributed by atoms with Gasteiger partial charge in [-0.15, -0.1) is 0 Å². The summed E-state index contributed by atoms with van der Waals surface area (Å²) in [5.74, 6) is -1.63. The molecule has 0 bridgehead atoms. The van der Waals surface area contributed by atoms with E-state index in [-0.39, 0.29) is 55.9 Å². The molecular formula is C51H67N7O8. The van der Waals surface area contributed by atoms with E-state index in [0.29, 0.717) is 26.1 Å². The Kier molecular flexibility index (Phi) is 16.1. The van der Waals surface area contributed by atoms with Gasteiger partial charge in [-0.1, -0.05) is 64.6 Å². The van der Waals surface area contributed by atoms with Crippen molar-refractivity contribution in [2.45, 2.75) is 105 Å². The number of benzene rings is 2. The normalized spacial score (nSPS) is 15.7. The monoisotopic (exact) mass is 906 g/mol. The van der Waals surface area contributed by atoms with Crippen molar-refractivity contribution in [3.8, 4) is 22.4 Å². The van der Waals surface area contributed by atoms with E-state index in [2.05, 4.69) is 73.0 Å². The van der Waals surface area contributed by atoms with E-state index < -0.39 is 35.6 Å². The molecule has 66 heavy (non-hydrogen) atoms. The first-order chi connectivity index (χ1) is 31.5. The number of amides is 4. The Bertz CT molecular complexity index is 2420. The van der Waals surface area contributed by atoms with Crippen LogP contribution in [-0.4, -0.2) is 119 Å². The van der Waals surface area contributed by atoms with Crippen molar-refractivity contribution in [1.82, 2.24) is 35.1 Å². The summed E-state index contributed by atoms with van der Waals surface area (Å²) in [6, 6.07) is 16.6. The fraction of sp³-hybridized carbons (Fsp3) is 0.490. The second-order valence-corrected chi connectivity index (χ2v) is 18.6. The zero-order valence-electron chi connectivity index (χ0n) is 40.0. The lowest BCUT2D eigenvalue weighted by atomic mass is 9.84. The third kappa shape index (κ3) is 11.3. The van der Waals surface area contributed by atoms with Crippen molar-refractivity contribution in [2.75, 3.05) is 46.9 Å². The van der Waals surface area contributed by atoms with Gasteiger partial charge in [0.25, 0.3) is 5.91 Å². The molecule has 15 heteroatoms. The fourth-order valence-corrected chi connectivity index (χ4v) is 9.02. The van der Waals surface area contributed by atoms with Gasteiger partial charge in [-0.25, -0.2) is 10.2 Å². The van der Waals surface area contributed by atoms with Crippen LogP contribution in [0.1, 0.15) is 84.2 Å². The maximum atomic E-state index is 14.3. The first-order valence-electron chi connectivity index (χ1n) is 23.0. The minimum Gasteiger partial charge on any atom is -0.465 e. The molecule has 2 aromatic carbocycles. The third-order valence-corrected chi connectivity index (χ3v) is 12.5. The zero-order valence-corrected chi connectivity index (χ0v) is 40.0. The van der Waals surface area contributed by atoms with Gasteiger partial charge in [0, 0.05) is 75.2 Å². The number of methoxy groups -OCH3 is 1. The van der Waals surface area contributed by atoms with Gasteiger partial charge in [0.05, 0.1) is 37.2 Å². The minimum atomic E-state index is -0.952. The molecule has 3 atom stereocenters. The van der Waals surface area contributed by atoms with Gasteiger partial charge in [-0.3, -0.25) is 34.1 Å². The average Bonchev–Trinajstić information content (AvgIpc) is 3.59. The number of aromatic nitrogens is 2. The van der Waals surface area contributed by atoms with Gasteiger partial charge in [-0.05, 0) is 91.6 Å². The molecule has 0 saturated carbocycles. The Morgan fingerprint density at radius 2 is 1.77 bits per heavy atom. The fourth-order valence-electron chi connectivity index (χ4n) is 9.02. The predicted molar refractivity (Wildman–Crippen MR) is 254 cm³/mol. The first kappa shape index (κ1) is 49.4. The molecule has 2 saturated heterocycles. The molecule has 2 N–H and O–H groups in total. The van der Waals surface area contributed by atoms with Crippen LogP contribution in [0.3, 0.4) is 0 Å². The molecule has 2 aliphatic rings. The Labute approximate surface area is 388 Å². The highest BCUT2D eigenvalue weighted by molar-refractivity contribution is 5.96. The van der Waals surface area contributed by atoms with Gasteiger partial charge >= 0.3 is 12.1 Å². The predicted octanol–water partition coefficient (Wildman–Crippen LogP) is 6.87. The molecule has 2 aliphatic heterocycles. The van der Waals surface area contributed by atoms with Gasteiger partial charge in [0.15, 0.2) is 0 Å². The second-order valence-electron chi connectivity index (χ2n) is 18.6. The smallest absolute Gasteiger partial charge is 0.410 e. The number of carbonyl (C=O) groups is 5. The van der Waals surface area contributed by atoms with Crippen LogP contribution in [0.5, 0.6) is 0 Å². The van der Waals surface area contributed by atoms with Crippen LogP contribution in [0.15, 0.2) is 73.4 Å². The van der Waals surface area contributed by atoms with Gasteiger partial charge in [0.1, 0.15) is 18.2 Å². The summed E-state index contributed by atoms with van der Waals surface area (Å²) >= 11 is 0. The van der Waals surface area contributed by atoms with Crippen LogP contribution in [0.4, 0.5) is 4.79 Å². The second kappa shape index (κ2) is 21.5. The summed E-state index contributed by atoms with van der Waals surface area (Å²) in [5.41, 5.74) is 10.5. The molecule has 4 amide bonds. The first-order valence-corrected chi connectivity index (χ1v) is 23.0. The van der Waals surface area contributed by atoms with Crippen LogP contribution in [0, 0.1) is 11.3 Å². The molecule has 15 nitrogen and oxygen atoms in total. The SMILES string of the molecule is C=CC(=O)N1CC(OC(=O)N(C)[C@H](C(=O)N[C@@H](Cc2cccc(-c3ccc4c(c3)c(CC(C)(C)COC(C)=O)c(-c3cccnc3[C@H](C)OC)n4CC)c2)C(=O)N2CCCCN2)C(C)C)C1. The number of hydrogen-bond acceptors (Lipinski definition) is 10. The molecule has 0 unspecified atom stereocenters. The molecule has 354 valence electrons. The number of hydrogen-bond donors (Lipinski definition) is 2. The summed E-state index contributed by atoms with van der Waals surface area (Å²) in [7, 11) is 3.20. The molecule has 4 heterocycles. The number of esters is 1. The van der Waals surface area contributed by atoms with Crippen molar-refractivity contribution in [2.24, 2.45) is 11.3 Å². The van der Waals surface area contributed by atoms with Crippen LogP contribution in [-0.2, 0) is 52.8 Å². The Hall–Kier alpha value is -6.06. The number of nitrogens with one attached hydrogen (secondary N) is 2. The lowest BCUT2D eigenvalue weighted by molar-refractivity contribution is -0.144. The lowest BCUT2D eigenvalue weighted by Crippen LogP contribution is -2.60. The summed E-state index contributed by atoms with van der Waals surface area (Å²) in [6.07, 6.45) is 4.12. The molecule has 2 aromatic heterocycles. The summed E-state index contributed by atoms with van der Waals surface area (Å²) in [5, 5.41) is 5.68. The lowest BCUT2D eigenvalue weighted by Gasteiger charge is -2.39. The van der Waals surface area contributed by atoms with Crippen molar-refractivity contribution in [3.63, 3.8) is 0 Å². The van der Waals surface area contributed by atoms with Crippen LogP contribution in [0.2, 0.25) is 0 Å². The highest BCUT2D eigenvalue weighted by Gasteiger charge is 2.38. The minimum absolute atomic E-state index is 0.195. The van der Waals surface area contributed by atoms with E-state index in [4.69, 9.17) is 19.2 Å². The van der Waals surface area contributed by atoms with E-state index in [9.17, 15) is 24.0 Å². The molecule has 0 radical (unpaired) electrons. The maximum Gasteiger partial charge on any atom is 0.410 e. The van der Waals surface area contributed by atoms with Gasteiger partial charge in [0.2, 0.25) is 11.8 Å². The van der Waals surface area contributed by atoms with Gasteiger partial charge in [-0.2, -0.15) is 0 Å². The number of rotatable bonds is 18. The standard InChI is InChI=1S/C51H67N7O8/c1-11-44(60)56-29-38(30-56)66-50(63)55(9)46(32(3)4)48(61)54-42(49(62)58-24-14-13-23-53-58)26-35-17-15-18-36(25-35)37-20-21-43-40(27-37)41(28-51(7,8)31-65-34(6)59)47(57(43)12-2)39-19-16-22-52-45(39)33(5)64-10/h11,15-22,25,27,32-33,38,42,46,53H,1,12-14,23-24,26,28-31H2,2-10H3,(H,54,61)/t33-,42-,46-/m0/s1. The van der Waals surface area contributed by atoms with Crippen LogP contribution >= 0.6 is 0 Å². The topological polar surface area (TPSA) is 165 Å². The molecule has 4 aromatic rings. The Balaban J connectivity index is 1.34. The molecule has 2 fully saturated rings. The molecule has 0 aliphatic carbocycles. The number of nitrogens with zero attached hydrogens (tertiary/aromatic N) is 5. The van der Waals surface area contributed by atoms with Crippen LogP contribution < -0.4 is 10.7 Å². The van der Waals surface area contributed by atoms with E-state index in [1.54, 1.807) is 18.3 Å². The van der Waals surface area contributed by atoms with Crippen molar-refractivity contribution in [1.29, 1.82) is 0 Å². The van der Waals surface area contributed by atoms with E-state index >= 15 is 0 Å². The van der Waals surface area contributed by atoms with Crippen LogP contribution in [0.25, 0.3) is 33.3 Å². The number of aryl methyl sites for hydroxylation is 1. The largest absolute Gasteiger partial charge is 0.465 e.